The summed E-state index contributed by atoms with van der Waals surface area (Å²) < 4.78 is 8.06. The largest absolute Gasteiger partial charge is 0.367 e. The fraction of sp³-hybridized carbons (Fsp3) is 0.471. The van der Waals surface area contributed by atoms with E-state index in [2.05, 4.69) is 9.97 Å². The summed E-state index contributed by atoms with van der Waals surface area (Å²) in [5, 5.41) is 0. The predicted molar refractivity (Wildman–Crippen MR) is 83.7 cm³/mol. The van der Waals surface area contributed by atoms with Gasteiger partial charge in [0.2, 0.25) is 0 Å². The van der Waals surface area contributed by atoms with Crippen molar-refractivity contribution in [3.63, 3.8) is 0 Å². The molecule has 120 valence electrons. The summed E-state index contributed by atoms with van der Waals surface area (Å²) >= 11 is 0. The van der Waals surface area contributed by atoms with Gasteiger partial charge in [0.05, 0.1) is 11.8 Å². The molecule has 3 atom stereocenters. The number of carbonyl (C=O) groups excluding carboxylic acids is 1. The molecular weight excluding hydrogens is 292 g/mol. The third-order valence-electron chi connectivity index (χ3n) is 4.94. The van der Waals surface area contributed by atoms with Gasteiger partial charge < -0.3 is 14.2 Å². The van der Waals surface area contributed by atoms with Crippen molar-refractivity contribution in [2.75, 3.05) is 13.1 Å². The van der Waals surface area contributed by atoms with Crippen LogP contribution in [0.4, 0.5) is 0 Å². The maximum absolute atomic E-state index is 12.7. The molecule has 2 aromatic rings. The van der Waals surface area contributed by atoms with E-state index >= 15 is 0 Å². The lowest BCUT2D eigenvalue weighted by Gasteiger charge is -2.34. The van der Waals surface area contributed by atoms with Crippen molar-refractivity contribution in [1.29, 1.82) is 0 Å². The van der Waals surface area contributed by atoms with E-state index in [-0.39, 0.29) is 18.1 Å². The van der Waals surface area contributed by atoms with Gasteiger partial charge in [0.15, 0.2) is 0 Å². The number of piperidine rings is 1. The predicted octanol–water partition coefficient (Wildman–Crippen LogP) is 1.81. The number of hydrogen-bond donors (Lipinski definition) is 0. The van der Waals surface area contributed by atoms with Crippen LogP contribution in [0.25, 0.3) is 0 Å². The van der Waals surface area contributed by atoms with E-state index in [0.29, 0.717) is 12.5 Å². The van der Waals surface area contributed by atoms with Crippen molar-refractivity contribution in [3.8, 4) is 0 Å². The number of ether oxygens (including phenoxy) is 1. The molecule has 0 aromatic carbocycles. The zero-order chi connectivity index (χ0) is 15.8. The molecule has 2 saturated heterocycles. The molecule has 2 aliphatic heterocycles. The first kappa shape index (κ1) is 14.4. The van der Waals surface area contributed by atoms with E-state index in [1.54, 1.807) is 12.5 Å². The highest BCUT2D eigenvalue weighted by Gasteiger charge is 2.41. The molecule has 2 aliphatic rings. The first-order valence-corrected chi connectivity index (χ1v) is 8.04. The lowest BCUT2D eigenvalue weighted by atomic mass is 9.91. The molecule has 2 aromatic heterocycles. The highest BCUT2D eigenvalue weighted by molar-refractivity contribution is 5.92. The Morgan fingerprint density at radius 2 is 2.30 bits per heavy atom. The molecule has 4 heterocycles. The number of amides is 1. The maximum atomic E-state index is 12.7. The summed E-state index contributed by atoms with van der Waals surface area (Å²) in [6.07, 6.45) is 7.31. The molecule has 0 aliphatic carbocycles. The van der Waals surface area contributed by atoms with E-state index in [9.17, 15) is 4.79 Å². The van der Waals surface area contributed by atoms with Crippen molar-refractivity contribution in [1.82, 2.24) is 19.4 Å². The number of rotatable bonds is 2. The second-order valence-corrected chi connectivity index (χ2v) is 6.34. The molecule has 6 heteroatoms. The smallest absolute Gasteiger partial charge is 0.270 e. The SMILES string of the molecule is Cn1cccc1C(=O)N1CC[C@@H]2C[C@@H](c3ccncn3)O[C@H]2C1. The van der Waals surface area contributed by atoms with E-state index in [0.717, 1.165) is 30.8 Å². The zero-order valence-corrected chi connectivity index (χ0v) is 13.1. The second-order valence-electron chi connectivity index (χ2n) is 6.34. The van der Waals surface area contributed by atoms with Crippen LogP contribution in [0.15, 0.2) is 36.9 Å². The van der Waals surface area contributed by atoms with Gasteiger partial charge in [0.25, 0.3) is 5.91 Å². The summed E-state index contributed by atoms with van der Waals surface area (Å²) in [4.78, 5) is 22.8. The summed E-state index contributed by atoms with van der Waals surface area (Å²) in [5.41, 5.74) is 1.67. The Kier molecular flexibility index (Phi) is 3.61. The topological polar surface area (TPSA) is 60.2 Å². The third-order valence-corrected chi connectivity index (χ3v) is 4.94. The van der Waals surface area contributed by atoms with Crippen molar-refractivity contribution in [2.45, 2.75) is 25.0 Å². The van der Waals surface area contributed by atoms with Crippen molar-refractivity contribution in [2.24, 2.45) is 13.0 Å². The number of hydrogen-bond acceptors (Lipinski definition) is 4. The number of aryl methyl sites for hydroxylation is 1. The minimum Gasteiger partial charge on any atom is -0.367 e. The highest BCUT2D eigenvalue weighted by atomic mass is 16.5. The molecule has 4 rings (SSSR count). The molecule has 6 nitrogen and oxygen atoms in total. The quantitative estimate of drug-likeness (QED) is 0.848. The Balaban J connectivity index is 1.46. The molecule has 0 radical (unpaired) electrons. The number of aromatic nitrogens is 3. The maximum Gasteiger partial charge on any atom is 0.270 e. The van der Waals surface area contributed by atoms with Gasteiger partial charge in [-0.1, -0.05) is 0 Å². The Labute approximate surface area is 135 Å². The van der Waals surface area contributed by atoms with Crippen molar-refractivity contribution >= 4 is 5.91 Å². The van der Waals surface area contributed by atoms with Gasteiger partial charge in [0.1, 0.15) is 18.1 Å². The summed E-state index contributed by atoms with van der Waals surface area (Å²) in [5.74, 6) is 0.595. The highest BCUT2D eigenvalue weighted by Crippen LogP contribution is 2.40. The van der Waals surface area contributed by atoms with E-state index in [1.165, 1.54) is 0 Å². The molecule has 0 spiro atoms. The Hall–Kier alpha value is -2.21. The van der Waals surface area contributed by atoms with Crippen LogP contribution in [0.3, 0.4) is 0 Å². The van der Waals surface area contributed by atoms with Crippen LogP contribution in [0, 0.1) is 5.92 Å². The molecule has 2 fully saturated rings. The zero-order valence-electron chi connectivity index (χ0n) is 13.1. The Morgan fingerprint density at radius 3 is 3.04 bits per heavy atom. The number of carbonyl (C=O) groups is 1. The molecule has 0 saturated carbocycles. The number of fused-ring (bicyclic) bond motifs is 1. The number of likely N-dealkylation sites (tertiary alicyclic amines) is 1. The van der Waals surface area contributed by atoms with Crippen LogP contribution < -0.4 is 0 Å². The monoisotopic (exact) mass is 312 g/mol. The summed E-state index contributed by atoms with van der Waals surface area (Å²) in [7, 11) is 1.90. The van der Waals surface area contributed by atoms with Gasteiger partial charge in [-0.25, -0.2) is 9.97 Å². The third kappa shape index (κ3) is 2.63. The van der Waals surface area contributed by atoms with Gasteiger partial charge in [-0.15, -0.1) is 0 Å². The van der Waals surface area contributed by atoms with Crippen LogP contribution in [-0.2, 0) is 11.8 Å². The van der Waals surface area contributed by atoms with Crippen molar-refractivity contribution in [3.05, 3.63) is 48.3 Å². The van der Waals surface area contributed by atoms with Gasteiger partial charge in [-0.05, 0) is 37.0 Å². The minimum absolute atomic E-state index is 0.0260. The lowest BCUT2D eigenvalue weighted by Crippen LogP contribution is -2.45. The van der Waals surface area contributed by atoms with E-state index in [1.807, 2.05) is 40.9 Å². The summed E-state index contributed by atoms with van der Waals surface area (Å²) in [6.45, 7) is 1.46. The van der Waals surface area contributed by atoms with Gasteiger partial charge >= 0.3 is 0 Å². The molecular formula is C17H20N4O2. The Morgan fingerprint density at radius 1 is 1.39 bits per heavy atom. The van der Waals surface area contributed by atoms with Crippen LogP contribution >= 0.6 is 0 Å². The first-order chi connectivity index (χ1) is 11.2. The number of nitrogens with zero attached hydrogens (tertiary/aromatic N) is 4. The van der Waals surface area contributed by atoms with Crippen LogP contribution in [-0.4, -0.2) is 44.5 Å². The van der Waals surface area contributed by atoms with Gasteiger partial charge in [0, 0.05) is 32.5 Å². The van der Waals surface area contributed by atoms with Crippen molar-refractivity contribution < 1.29 is 9.53 Å². The Bertz CT molecular complexity index is 700. The van der Waals surface area contributed by atoms with Crippen LogP contribution in [0.2, 0.25) is 0 Å². The van der Waals surface area contributed by atoms with E-state index < -0.39 is 0 Å². The molecule has 0 N–H and O–H groups in total. The minimum atomic E-state index is 0.0260. The molecule has 0 bridgehead atoms. The fourth-order valence-corrected chi connectivity index (χ4v) is 3.64. The molecule has 23 heavy (non-hydrogen) atoms. The lowest BCUT2D eigenvalue weighted by molar-refractivity contribution is -0.00590. The van der Waals surface area contributed by atoms with Gasteiger partial charge in [-0.3, -0.25) is 4.79 Å². The van der Waals surface area contributed by atoms with Crippen LogP contribution in [0.5, 0.6) is 0 Å². The molecule has 0 unspecified atom stereocenters. The first-order valence-electron chi connectivity index (χ1n) is 8.04. The average Bonchev–Trinajstić information content (AvgIpc) is 3.20. The second kappa shape index (κ2) is 5.77. The molecule has 1 amide bonds. The van der Waals surface area contributed by atoms with E-state index in [4.69, 9.17) is 4.74 Å². The fourth-order valence-electron chi connectivity index (χ4n) is 3.64. The average molecular weight is 312 g/mol. The summed E-state index contributed by atoms with van der Waals surface area (Å²) in [6, 6.07) is 5.68. The van der Waals surface area contributed by atoms with Gasteiger partial charge in [-0.2, -0.15) is 0 Å². The standard InChI is InChI=1S/C17H20N4O2/c1-20-7-2-3-14(20)17(22)21-8-5-12-9-15(23-16(12)10-21)13-4-6-18-11-19-13/h2-4,6-7,11-12,15-16H,5,8-10H2,1H3/t12-,15+,16+/m1/s1. The van der Waals surface area contributed by atoms with Crippen LogP contribution in [0.1, 0.15) is 35.1 Å². The normalized spacial score (nSPS) is 27.0.